The third-order valence-electron chi connectivity index (χ3n) is 3.52. The highest BCUT2D eigenvalue weighted by Gasteiger charge is 2.34. The molecule has 0 aliphatic heterocycles. The minimum Gasteiger partial charge on any atom is -0.382 e. The molecule has 0 unspecified atom stereocenters. The second-order valence-electron chi connectivity index (χ2n) is 4.49. The largest absolute Gasteiger partial charge is 0.382 e. The van der Waals surface area contributed by atoms with Crippen molar-refractivity contribution in [2.24, 2.45) is 5.41 Å². The van der Waals surface area contributed by atoms with Crippen LogP contribution in [-0.2, 0) is 9.47 Å². The van der Waals surface area contributed by atoms with Crippen molar-refractivity contribution >= 4 is 0 Å². The number of nitrogens with one attached hydrogen (secondary N) is 1. The highest BCUT2D eigenvalue weighted by Crippen LogP contribution is 2.42. The Morgan fingerprint density at radius 1 is 1.20 bits per heavy atom. The van der Waals surface area contributed by atoms with Crippen molar-refractivity contribution in [2.45, 2.75) is 32.6 Å². The van der Waals surface area contributed by atoms with E-state index in [-0.39, 0.29) is 0 Å². The maximum Gasteiger partial charge on any atom is 0.0700 e. The van der Waals surface area contributed by atoms with Crippen LogP contribution < -0.4 is 5.32 Å². The van der Waals surface area contributed by atoms with Crippen molar-refractivity contribution in [1.82, 2.24) is 5.32 Å². The van der Waals surface area contributed by atoms with E-state index in [0.717, 1.165) is 19.7 Å². The number of hydrogen-bond acceptors (Lipinski definition) is 3. The zero-order valence-electron chi connectivity index (χ0n) is 10.2. The normalized spacial score (nSPS) is 18.8. The molecule has 1 aliphatic carbocycles. The van der Waals surface area contributed by atoms with Gasteiger partial charge in [0.15, 0.2) is 0 Å². The molecule has 0 heterocycles. The molecule has 1 saturated carbocycles. The molecule has 0 saturated heterocycles. The summed E-state index contributed by atoms with van der Waals surface area (Å²) in [7, 11) is 1.70. The Kier molecular flexibility index (Phi) is 6.22. The summed E-state index contributed by atoms with van der Waals surface area (Å²) in [6.45, 7) is 6.62. The lowest BCUT2D eigenvalue weighted by molar-refractivity contribution is 0.0673. The molecule has 1 N–H and O–H groups in total. The van der Waals surface area contributed by atoms with Gasteiger partial charge in [-0.05, 0) is 24.7 Å². The van der Waals surface area contributed by atoms with E-state index in [0.29, 0.717) is 18.6 Å². The molecular weight excluding hydrogens is 190 g/mol. The number of hydrogen-bond donors (Lipinski definition) is 1. The van der Waals surface area contributed by atoms with Crippen LogP contribution >= 0.6 is 0 Å². The van der Waals surface area contributed by atoms with E-state index < -0.39 is 0 Å². The lowest BCUT2D eigenvalue weighted by Gasteiger charge is -2.41. The van der Waals surface area contributed by atoms with Gasteiger partial charge in [0.1, 0.15) is 0 Å². The van der Waals surface area contributed by atoms with Crippen LogP contribution in [0.4, 0.5) is 0 Å². The summed E-state index contributed by atoms with van der Waals surface area (Å²) >= 11 is 0. The molecule has 0 aromatic heterocycles. The summed E-state index contributed by atoms with van der Waals surface area (Å²) in [4.78, 5) is 0. The lowest BCUT2D eigenvalue weighted by Crippen LogP contribution is -2.40. The minimum atomic E-state index is 0.618. The lowest BCUT2D eigenvalue weighted by atomic mass is 9.67. The minimum absolute atomic E-state index is 0.618. The predicted octanol–water partition coefficient (Wildman–Crippen LogP) is 1.82. The molecule has 1 rings (SSSR count). The first-order valence-electron chi connectivity index (χ1n) is 6.10. The van der Waals surface area contributed by atoms with Crippen molar-refractivity contribution in [3.8, 4) is 0 Å². The molecule has 0 amide bonds. The molecule has 0 aromatic rings. The Morgan fingerprint density at radius 2 is 2.00 bits per heavy atom. The second kappa shape index (κ2) is 7.20. The summed E-state index contributed by atoms with van der Waals surface area (Å²) in [5.41, 5.74) is 0.618. The van der Waals surface area contributed by atoms with Crippen molar-refractivity contribution in [3.05, 3.63) is 0 Å². The van der Waals surface area contributed by atoms with Crippen LogP contribution in [-0.4, -0.2) is 40.0 Å². The third kappa shape index (κ3) is 4.49. The first-order valence-corrected chi connectivity index (χ1v) is 6.10. The topological polar surface area (TPSA) is 30.5 Å². The van der Waals surface area contributed by atoms with E-state index in [4.69, 9.17) is 9.47 Å². The van der Waals surface area contributed by atoms with Gasteiger partial charge in [0.05, 0.1) is 19.8 Å². The van der Waals surface area contributed by atoms with Crippen LogP contribution in [0.15, 0.2) is 0 Å². The van der Waals surface area contributed by atoms with E-state index in [2.05, 4.69) is 12.2 Å². The van der Waals surface area contributed by atoms with E-state index in [9.17, 15) is 0 Å². The smallest absolute Gasteiger partial charge is 0.0700 e. The molecule has 3 nitrogen and oxygen atoms in total. The van der Waals surface area contributed by atoms with Gasteiger partial charge in [0.2, 0.25) is 0 Å². The van der Waals surface area contributed by atoms with E-state index in [1.807, 2.05) is 0 Å². The molecule has 0 atom stereocenters. The fraction of sp³-hybridized carbons (Fsp3) is 1.00. The highest BCUT2D eigenvalue weighted by molar-refractivity contribution is 4.88. The molecule has 90 valence electrons. The first kappa shape index (κ1) is 12.9. The molecule has 0 aromatic carbocycles. The van der Waals surface area contributed by atoms with Crippen molar-refractivity contribution in [1.29, 1.82) is 0 Å². The molecule has 0 radical (unpaired) electrons. The van der Waals surface area contributed by atoms with Gasteiger partial charge in [-0.15, -0.1) is 0 Å². The van der Waals surface area contributed by atoms with Gasteiger partial charge in [-0.25, -0.2) is 0 Å². The van der Waals surface area contributed by atoms with Gasteiger partial charge in [0.25, 0.3) is 0 Å². The fourth-order valence-electron chi connectivity index (χ4n) is 2.07. The van der Waals surface area contributed by atoms with Gasteiger partial charge in [0, 0.05) is 20.2 Å². The third-order valence-corrected chi connectivity index (χ3v) is 3.52. The maximum atomic E-state index is 5.39. The molecular formula is C12H25NO2. The Balaban J connectivity index is 1.88. The molecule has 0 bridgehead atoms. The molecule has 0 spiro atoms. The summed E-state index contributed by atoms with van der Waals surface area (Å²) in [6.07, 6.45) is 5.53. The summed E-state index contributed by atoms with van der Waals surface area (Å²) < 4.78 is 10.3. The Morgan fingerprint density at radius 3 is 2.53 bits per heavy atom. The summed E-state index contributed by atoms with van der Waals surface area (Å²) in [5.74, 6) is 0. The Bertz CT molecular complexity index is 152. The van der Waals surface area contributed by atoms with E-state index >= 15 is 0 Å². The Hall–Kier alpha value is -0.120. The van der Waals surface area contributed by atoms with Crippen LogP contribution in [0.5, 0.6) is 0 Å². The average Bonchev–Trinajstić information content (AvgIpc) is 2.20. The monoisotopic (exact) mass is 215 g/mol. The van der Waals surface area contributed by atoms with Gasteiger partial charge in [-0.2, -0.15) is 0 Å². The zero-order chi connectivity index (χ0) is 11.0. The molecule has 1 fully saturated rings. The predicted molar refractivity (Wildman–Crippen MR) is 62.1 cm³/mol. The summed E-state index contributed by atoms with van der Waals surface area (Å²) in [5, 5.41) is 3.49. The van der Waals surface area contributed by atoms with Crippen LogP contribution in [0.3, 0.4) is 0 Å². The van der Waals surface area contributed by atoms with Gasteiger partial charge in [-0.1, -0.05) is 13.3 Å². The van der Waals surface area contributed by atoms with Crippen molar-refractivity contribution in [3.63, 3.8) is 0 Å². The van der Waals surface area contributed by atoms with Crippen molar-refractivity contribution in [2.75, 3.05) is 40.0 Å². The average molecular weight is 215 g/mol. The fourth-order valence-corrected chi connectivity index (χ4v) is 2.07. The summed E-state index contributed by atoms with van der Waals surface area (Å²) in [6, 6.07) is 0. The molecule has 15 heavy (non-hydrogen) atoms. The number of methoxy groups -OCH3 is 1. The zero-order valence-corrected chi connectivity index (χ0v) is 10.2. The number of ether oxygens (including phenoxy) is 2. The molecule has 3 heteroatoms. The molecule has 1 aliphatic rings. The highest BCUT2D eigenvalue weighted by atomic mass is 16.5. The number of rotatable bonds is 9. The standard InChI is InChI=1S/C12H25NO2/c1-3-12(5-4-6-12)11-13-7-8-15-10-9-14-2/h13H,3-11H2,1-2H3. The van der Waals surface area contributed by atoms with Crippen LogP contribution in [0.25, 0.3) is 0 Å². The van der Waals surface area contributed by atoms with Gasteiger partial charge < -0.3 is 14.8 Å². The van der Waals surface area contributed by atoms with Gasteiger partial charge >= 0.3 is 0 Å². The first-order chi connectivity index (χ1) is 7.33. The van der Waals surface area contributed by atoms with E-state index in [1.165, 1.54) is 25.7 Å². The maximum absolute atomic E-state index is 5.39. The van der Waals surface area contributed by atoms with Crippen LogP contribution in [0, 0.1) is 5.41 Å². The van der Waals surface area contributed by atoms with Crippen molar-refractivity contribution < 1.29 is 9.47 Å². The van der Waals surface area contributed by atoms with Crippen LogP contribution in [0.1, 0.15) is 32.6 Å². The SMILES string of the molecule is CCC1(CNCCOCCOC)CCC1. The quantitative estimate of drug-likeness (QED) is 0.595. The second-order valence-corrected chi connectivity index (χ2v) is 4.49. The van der Waals surface area contributed by atoms with Gasteiger partial charge in [-0.3, -0.25) is 0 Å². The Labute approximate surface area is 93.5 Å². The van der Waals surface area contributed by atoms with Crippen LogP contribution in [0.2, 0.25) is 0 Å². The van der Waals surface area contributed by atoms with E-state index in [1.54, 1.807) is 7.11 Å².